The van der Waals surface area contributed by atoms with Crippen molar-refractivity contribution < 1.29 is 14.3 Å². The number of hydrogen-bond donors (Lipinski definition) is 0. The van der Waals surface area contributed by atoms with Gasteiger partial charge in [0.25, 0.3) is 0 Å². The minimum atomic E-state index is -0.475. The first kappa shape index (κ1) is 10.5. The molecule has 0 aliphatic rings. The predicted octanol–water partition coefficient (Wildman–Crippen LogP) is 1.58. The third-order valence-corrected chi connectivity index (χ3v) is 1.68. The zero-order valence-corrected chi connectivity index (χ0v) is 8.53. The van der Waals surface area contributed by atoms with Gasteiger partial charge in [-0.1, -0.05) is 0 Å². The molecule has 0 N–H and O–H groups in total. The first-order chi connectivity index (χ1) is 6.69. The largest absolute Gasteiger partial charge is 0.491 e. The highest BCUT2D eigenvalue weighted by molar-refractivity contribution is 5.90. The molecule has 1 aromatic heterocycles. The van der Waals surface area contributed by atoms with Crippen LogP contribution in [0.5, 0.6) is 5.75 Å². The Labute approximate surface area is 82.9 Å². The SMILES string of the molecule is CCOc1ccc(C)nc1C(=O)OC. The zero-order chi connectivity index (χ0) is 10.6. The van der Waals surface area contributed by atoms with E-state index >= 15 is 0 Å². The lowest BCUT2D eigenvalue weighted by molar-refractivity contribution is 0.0589. The summed E-state index contributed by atoms with van der Waals surface area (Å²) in [6.07, 6.45) is 0. The quantitative estimate of drug-likeness (QED) is 0.687. The van der Waals surface area contributed by atoms with Gasteiger partial charge in [0.15, 0.2) is 11.4 Å². The summed E-state index contributed by atoms with van der Waals surface area (Å²) in [6, 6.07) is 3.51. The van der Waals surface area contributed by atoms with Gasteiger partial charge in [-0.15, -0.1) is 0 Å². The van der Waals surface area contributed by atoms with Gasteiger partial charge in [-0.25, -0.2) is 9.78 Å². The van der Waals surface area contributed by atoms with Crippen molar-refractivity contribution in [2.75, 3.05) is 13.7 Å². The van der Waals surface area contributed by atoms with Gasteiger partial charge >= 0.3 is 5.97 Å². The number of hydrogen-bond acceptors (Lipinski definition) is 4. The van der Waals surface area contributed by atoms with E-state index in [0.29, 0.717) is 12.4 Å². The molecule has 0 saturated heterocycles. The minimum Gasteiger partial charge on any atom is -0.491 e. The molecule has 76 valence electrons. The molecule has 1 aromatic rings. The maximum Gasteiger partial charge on any atom is 0.360 e. The highest BCUT2D eigenvalue weighted by atomic mass is 16.5. The van der Waals surface area contributed by atoms with Gasteiger partial charge < -0.3 is 9.47 Å². The average molecular weight is 195 g/mol. The monoisotopic (exact) mass is 195 g/mol. The molecule has 0 aliphatic carbocycles. The number of ether oxygens (including phenoxy) is 2. The molecule has 1 heterocycles. The molecule has 0 amide bonds. The third kappa shape index (κ3) is 2.22. The number of nitrogens with zero attached hydrogens (tertiary/aromatic N) is 1. The summed E-state index contributed by atoms with van der Waals surface area (Å²) in [5, 5.41) is 0. The lowest BCUT2D eigenvalue weighted by atomic mass is 10.3. The number of aromatic nitrogens is 1. The topological polar surface area (TPSA) is 48.4 Å². The molecule has 0 radical (unpaired) electrons. The molecule has 4 heteroatoms. The summed E-state index contributed by atoms with van der Waals surface area (Å²) < 4.78 is 9.85. The van der Waals surface area contributed by atoms with Crippen molar-refractivity contribution in [2.24, 2.45) is 0 Å². The van der Waals surface area contributed by atoms with Crippen molar-refractivity contribution in [1.82, 2.24) is 4.98 Å². The summed E-state index contributed by atoms with van der Waals surface area (Å²) in [7, 11) is 1.32. The Morgan fingerprint density at radius 3 is 2.79 bits per heavy atom. The van der Waals surface area contributed by atoms with Crippen molar-refractivity contribution >= 4 is 5.97 Å². The lowest BCUT2D eigenvalue weighted by Crippen LogP contribution is -2.08. The van der Waals surface area contributed by atoms with Crippen molar-refractivity contribution in [3.63, 3.8) is 0 Å². The maximum absolute atomic E-state index is 11.3. The lowest BCUT2D eigenvalue weighted by Gasteiger charge is -2.07. The molecule has 14 heavy (non-hydrogen) atoms. The van der Waals surface area contributed by atoms with E-state index < -0.39 is 5.97 Å². The number of rotatable bonds is 3. The van der Waals surface area contributed by atoms with Crippen LogP contribution in [-0.4, -0.2) is 24.7 Å². The predicted molar refractivity (Wildman–Crippen MR) is 51.5 cm³/mol. The standard InChI is InChI=1S/C10H13NO3/c1-4-14-8-6-5-7(2)11-9(8)10(12)13-3/h5-6H,4H2,1-3H3. The number of carbonyl (C=O) groups is 1. The summed E-state index contributed by atoms with van der Waals surface area (Å²) in [5.74, 6) is -0.0119. The fraction of sp³-hybridized carbons (Fsp3) is 0.400. The molecule has 0 saturated carbocycles. The van der Waals surface area contributed by atoms with E-state index in [0.717, 1.165) is 5.69 Å². The summed E-state index contributed by atoms with van der Waals surface area (Å²) in [6.45, 7) is 4.15. The van der Waals surface area contributed by atoms with Gasteiger partial charge in [0.1, 0.15) is 0 Å². The van der Waals surface area contributed by atoms with Crippen LogP contribution in [0.25, 0.3) is 0 Å². The van der Waals surface area contributed by atoms with E-state index in [-0.39, 0.29) is 5.69 Å². The van der Waals surface area contributed by atoms with Gasteiger partial charge in [0.2, 0.25) is 0 Å². The summed E-state index contributed by atoms with van der Waals surface area (Å²) >= 11 is 0. The van der Waals surface area contributed by atoms with E-state index in [9.17, 15) is 4.79 Å². The van der Waals surface area contributed by atoms with Crippen molar-refractivity contribution in [1.29, 1.82) is 0 Å². The average Bonchev–Trinajstić information content (AvgIpc) is 2.20. The van der Waals surface area contributed by atoms with Crippen LogP contribution in [0.2, 0.25) is 0 Å². The van der Waals surface area contributed by atoms with E-state index in [2.05, 4.69) is 9.72 Å². The van der Waals surface area contributed by atoms with E-state index in [4.69, 9.17) is 4.74 Å². The molecule has 0 atom stereocenters. The number of methoxy groups -OCH3 is 1. The fourth-order valence-corrected chi connectivity index (χ4v) is 1.06. The van der Waals surface area contributed by atoms with Crippen molar-refractivity contribution in [3.05, 3.63) is 23.5 Å². The van der Waals surface area contributed by atoms with Crippen LogP contribution >= 0.6 is 0 Å². The van der Waals surface area contributed by atoms with Crippen LogP contribution in [0.1, 0.15) is 23.1 Å². The molecule has 0 spiro atoms. The van der Waals surface area contributed by atoms with Crippen molar-refractivity contribution in [2.45, 2.75) is 13.8 Å². The summed E-state index contributed by atoms with van der Waals surface area (Å²) in [5.41, 5.74) is 0.989. The van der Waals surface area contributed by atoms with Crippen molar-refractivity contribution in [3.8, 4) is 5.75 Å². The molecule has 0 fully saturated rings. The Balaban J connectivity index is 3.08. The van der Waals surface area contributed by atoms with Gasteiger partial charge in [-0.3, -0.25) is 0 Å². The van der Waals surface area contributed by atoms with Gasteiger partial charge in [0, 0.05) is 5.69 Å². The minimum absolute atomic E-state index is 0.231. The van der Waals surface area contributed by atoms with Crippen LogP contribution in [0.4, 0.5) is 0 Å². The highest BCUT2D eigenvalue weighted by Gasteiger charge is 2.14. The van der Waals surface area contributed by atoms with Crippen LogP contribution < -0.4 is 4.74 Å². The summed E-state index contributed by atoms with van der Waals surface area (Å²) in [4.78, 5) is 15.4. The normalized spacial score (nSPS) is 9.64. The first-order valence-corrected chi connectivity index (χ1v) is 4.37. The van der Waals surface area contributed by atoms with Crippen LogP contribution in [0.3, 0.4) is 0 Å². The maximum atomic E-state index is 11.3. The smallest absolute Gasteiger partial charge is 0.360 e. The Morgan fingerprint density at radius 1 is 1.50 bits per heavy atom. The van der Waals surface area contributed by atoms with E-state index in [1.807, 2.05) is 13.8 Å². The molecule has 1 rings (SSSR count). The van der Waals surface area contributed by atoms with Gasteiger partial charge in [0.05, 0.1) is 13.7 Å². The first-order valence-electron chi connectivity index (χ1n) is 4.37. The second kappa shape index (κ2) is 4.60. The number of carbonyl (C=O) groups excluding carboxylic acids is 1. The Kier molecular flexibility index (Phi) is 3.45. The van der Waals surface area contributed by atoms with Crippen LogP contribution in [-0.2, 0) is 4.74 Å². The third-order valence-electron chi connectivity index (χ3n) is 1.68. The highest BCUT2D eigenvalue weighted by Crippen LogP contribution is 2.17. The zero-order valence-electron chi connectivity index (χ0n) is 8.53. The van der Waals surface area contributed by atoms with E-state index in [1.165, 1.54) is 7.11 Å². The van der Waals surface area contributed by atoms with Crippen LogP contribution in [0.15, 0.2) is 12.1 Å². The number of pyridine rings is 1. The molecule has 0 bridgehead atoms. The Morgan fingerprint density at radius 2 is 2.21 bits per heavy atom. The fourth-order valence-electron chi connectivity index (χ4n) is 1.06. The van der Waals surface area contributed by atoms with E-state index in [1.54, 1.807) is 12.1 Å². The molecular weight excluding hydrogens is 182 g/mol. The second-order valence-corrected chi connectivity index (χ2v) is 2.72. The Bertz CT molecular complexity index is 336. The molecule has 0 unspecified atom stereocenters. The Hall–Kier alpha value is -1.58. The number of esters is 1. The van der Waals surface area contributed by atoms with Gasteiger partial charge in [-0.05, 0) is 26.0 Å². The van der Waals surface area contributed by atoms with Gasteiger partial charge in [-0.2, -0.15) is 0 Å². The molecule has 0 aromatic carbocycles. The molecule has 4 nitrogen and oxygen atoms in total. The second-order valence-electron chi connectivity index (χ2n) is 2.72. The molecule has 0 aliphatic heterocycles. The number of aryl methyl sites for hydroxylation is 1. The van der Waals surface area contributed by atoms with Crippen LogP contribution in [0, 0.1) is 6.92 Å². The molecular formula is C10H13NO3.